The highest BCUT2D eigenvalue weighted by molar-refractivity contribution is 6.05. The van der Waals surface area contributed by atoms with Crippen molar-refractivity contribution in [1.82, 2.24) is 0 Å². The van der Waals surface area contributed by atoms with E-state index >= 15 is 0 Å². The molecule has 1 heterocycles. The summed E-state index contributed by atoms with van der Waals surface area (Å²) in [5, 5.41) is 2.84. The Kier molecular flexibility index (Phi) is 5.53. The standard InChI is InChI=1S/C20H22N2O4/c1-14-3-5-15(6-4-14)19(23)21-16-7-8-18(17(13-16)20(24)25-2)22-9-11-26-12-10-22/h3-8,13H,9-12H2,1-2H3,(H,21,23). The molecule has 1 aliphatic heterocycles. The van der Waals surface area contributed by atoms with Gasteiger partial charge in [-0.2, -0.15) is 0 Å². The van der Waals surface area contributed by atoms with E-state index in [1.54, 1.807) is 24.3 Å². The molecule has 0 radical (unpaired) electrons. The highest BCUT2D eigenvalue weighted by Crippen LogP contribution is 2.26. The van der Waals surface area contributed by atoms with Gasteiger partial charge in [-0.05, 0) is 37.3 Å². The minimum absolute atomic E-state index is 0.222. The fraction of sp³-hybridized carbons (Fsp3) is 0.300. The Labute approximate surface area is 152 Å². The number of nitrogens with zero attached hydrogens (tertiary/aromatic N) is 1. The topological polar surface area (TPSA) is 67.9 Å². The third-order valence-corrected chi connectivity index (χ3v) is 4.33. The normalized spacial score (nSPS) is 14.0. The summed E-state index contributed by atoms with van der Waals surface area (Å²) in [4.78, 5) is 26.7. The first-order valence-electron chi connectivity index (χ1n) is 8.51. The molecule has 0 unspecified atom stereocenters. The molecule has 0 saturated carbocycles. The van der Waals surface area contributed by atoms with Crippen LogP contribution in [0.1, 0.15) is 26.3 Å². The second-order valence-corrected chi connectivity index (χ2v) is 6.14. The van der Waals surface area contributed by atoms with Crippen LogP contribution in [0, 0.1) is 6.92 Å². The van der Waals surface area contributed by atoms with Crippen LogP contribution in [-0.2, 0) is 9.47 Å². The molecule has 26 heavy (non-hydrogen) atoms. The Morgan fingerprint density at radius 3 is 2.42 bits per heavy atom. The quantitative estimate of drug-likeness (QED) is 0.855. The van der Waals surface area contributed by atoms with Gasteiger partial charge < -0.3 is 19.7 Å². The molecule has 2 aromatic carbocycles. The van der Waals surface area contributed by atoms with Crippen LogP contribution in [-0.4, -0.2) is 45.3 Å². The zero-order valence-electron chi connectivity index (χ0n) is 15.0. The predicted octanol–water partition coefficient (Wildman–Crippen LogP) is 2.87. The van der Waals surface area contributed by atoms with Crippen molar-refractivity contribution in [3.05, 3.63) is 59.2 Å². The molecular weight excluding hydrogens is 332 g/mol. The number of hydrogen-bond acceptors (Lipinski definition) is 5. The number of methoxy groups -OCH3 is 1. The second kappa shape index (κ2) is 8.01. The van der Waals surface area contributed by atoms with Crippen LogP contribution < -0.4 is 10.2 Å². The molecule has 0 aromatic heterocycles. The molecule has 1 aliphatic rings. The van der Waals surface area contributed by atoms with Crippen molar-refractivity contribution in [2.24, 2.45) is 0 Å². The largest absolute Gasteiger partial charge is 0.465 e. The van der Waals surface area contributed by atoms with Crippen LogP contribution in [0.4, 0.5) is 11.4 Å². The molecule has 0 spiro atoms. The number of aryl methyl sites for hydroxylation is 1. The van der Waals surface area contributed by atoms with Crippen molar-refractivity contribution in [2.45, 2.75) is 6.92 Å². The number of carbonyl (C=O) groups excluding carboxylic acids is 2. The lowest BCUT2D eigenvalue weighted by Crippen LogP contribution is -2.37. The smallest absolute Gasteiger partial charge is 0.340 e. The zero-order valence-corrected chi connectivity index (χ0v) is 15.0. The number of rotatable bonds is 4. The fourth-order valence-corrected chi connectivity index (χ4v) is 2.88. The van der Waals surface area contributed by atoms with E-state index in [1.807, 2.05) is 25.1 Å². The number of amides is 1. The lowest BCUT2D eigenvalue weighted by Gasteiger charge is -2.30. The first-order valence-corrected chi connectivity index (χ1v) is 8.51. The summed E-state index contributed by atoms with van der Waals surface area (Å²) in [7, 11) is 1.35. The van der Waals surface area contributed by atoms with Gasteiger partial charge in [0, 0.05) is 24.3 Å². The monoisotopic (exact) mass is 354 g/mol. The lowest BCUT2D eigenvalue weighted by molar-refractivity contribution is 0.0600. The Morgan fingerprint density at radius 2 is 1.77 bits per heavy atom. The lowest BCUT2D eigenvalue weighted by atomic mass is 10.1. The SMILES string of the molecule is COC(=O)c1cc(NC(=O)c2ccc(C)cc2)ccc1N1CCOCC1. The third-order valence-electron chi connectivity index (χ3n) is 4.33. The van der Waals surface area contributed by atoms with Gasteiger partial charge in [-0.3, -0.25) is 4.79 Å². The van der Waals surface area contributed by atoms with E-state index in [4.69, 9.17) is 9.47 Å². The molecule has 6 heteroatoms. The fourth-order valence-electron chi connectivity index (χ4n) is 2.88. The maximum atomic E-state index is 12.4. The van der Waals surface area contributed by atoms with Crippen molar-refractivity contribution < 1.29 is 19.1 Å². The highest BCUT2D eigenvalue weighted by Gasteiger charge is 2.20. The summed E-state index contributed by atoms with van der Waals surface area (Å²) >= 11 is 0. The number of anilines is 2. The highest BCUT2D eigenvalue weighted by atomic mass is 16.5. The van der Waals surface area contributed by atoms with Crippen LogP contribution in [0.3, 0.4) is 0 Å². The summed E-state index contributed by atoms with van der Waals surface area (Å²) < 4.78 is 10.3. The average Bonchev–Trinajstić information content (AvgIpc) is 2.68. The minimum atomic E-state index is -0.432. The van der Waals surface area contributed by atoms with E-state index in [0.717, 1.165) is 11.3 Å². The van der Waals surface area contributed by atoms with E-state index in [9.17, 15) is 9.59 Å². The van der Waals surface area contributed by atoms with Gasteiger partial charge in [0.05, 0.1) is 31.6 Å². The van der Waals surface area contributed by atoms with Gasteiger partial charge in [-0.15, -0.1) is 0 Å². The van der Waals surface area contributed by atoms with Crippen molar-refractivity contribution in [2.75, 3.05) is 43.6 Å². The van der Waals surface area contributed by atoms with Gasteiger partial charge in [-0.25, -0.2) is 4.79 Å². The Hall–Kier alpha value is -2.86. The molecule has 3 rings (SSSR count). The average molecular weight is 354 g/mol. The molecule has 0 atom stereocenters. The Morgan fingerprint density at radius 1 is 1.08 bits per heavy atom. The van der Waals surface area contributed by atoms with E-state index in [-0.39, 0.29) is 5.91 Å². The summed E-state index contributed by atoms with van der Waals surface area (Å²) in [5.41, 5.74) is 3.41. The van der Waals surface area contributed by atoms with Gasteiger partial charge in [0.25, 0.3) is 5.91 Å². The Balaban J connectivity index is 1.84. The number of esters is 1. The van der Waals surface area contributed by atoms with E-state index in [1.165, 1.54) is 7.11 Å². The van der Waals surface area contributed by atoms with Crippen molar-refractivity contribution in [3.63, 3.8) is 0 Å². The second-order valence-electron chi connectivity index (χ2n) is 6.14. The predicted molar refractivity (Wildman–Crippen MR) is 99.9 cm³/mol. The number of benzene rings is 2. The molecule has 1 fully saturated rings. The third kappa shape index (κ3) is 4.03. The summed E-state index contributed by atoms with van der Waals surface area (Å²) in [6.07, 6.45) is 0. The number of carbonyl (C=O) groups is 2. The maximum absolute atomic E-state index is 12.4. The van der Waals surface area contributed by atoms with Crippen LogP contribution in [0.5, 0.6) is 0 Å². The molecule has 6 nitrogen and oxygen atoms in total. The van der Waals surface area contributed by atoms with Gasteiger partial charge in [-0.1, -0.05) is 17.7 Å². The summed E-state index contributed by atoms with van der Waals surface area (Å²) in [6, 6.07) is 12.6. The van der Waals surface area contributed by atoms with Gasteiger partial charge in [0.2, 0.25) is 0 Å². The van der Waals surface area contributed by atoms with Crippen LogP contribution >= 0.6 is 0 Å². The van der Waals surface area contributed by atoms with Gasteiger partial charge in [0.1, 0.15) is 0 Å². The summed E-state index contributed by atoms with van der Waals surface area (Å²) in [5.74, 6) is -0.655. The van der Waals surface area contributed by atoms with Crippen molar-refractivity contribution >= 4 is 23.3 Å². The number of nitrogens with one attached hydrogen (secondary N) is 1. The molecular formula is C20H22N2O4. The molecule has 2 aromatic rings. The van der Waals surface area contributed by atoms with E-state index in [2.05, 4.69) is 10.2 Å². The Bertz CT molecular complexity index is 796. The number of hydrogen-bond donors (Lipinski definition) is 1. The first kappa shape index (κ1) is 17.9. The van der Waals surface area contributed by atoms with Crippen LogP contribution in [0.15, 0.2) is 42.5 Å². The van der Waals surface area contributed by atoms with Crippen molar-refractivity contribution in [1.29, 1.82) is 0 Å². The van der Waals surface area contributed by atoms with E-state index < -0.39 is 5.97 Å². The molecule has 0 bridgehead atoms. The first-order chi connectivity index (χ1) is 12.6. The summed E-state index contributed by atoms with van der Waals surface area (Å²) in [6.45, 7) is 4.62. The van der Waals surface area contributed by atoms with Gasteiger partial charge in [0.15, 0.2) is 0 Å². The molecule has 136 valence electrons. The zero-order chi connectivity index (χ0) is 18.5. The van der Waals surface area contributed by atoms with Gasteiger partial charge >= 0.3 is 5.97 Å². The number of morpholine rings is 1. The molecule has 0 aliphatic carbocycles. The molecule has 1 saturated heterocycles. The molecule has 1 amide bonds. The van der Waals surface area contributed by atoms with Crippen molar-refractivity contribution in [3.8, 4) is 0 Å². The minimum Gasteiger partial charge on any atom is -0.465 e. The maximum Gasteiger partial charge on any atom is 0.340 e. The molecule has 1 N–H and O–H groups in total. The van der Waals surface area contributed by atoms with Crippen LogP contribution in [0.2, 0.25) is 0 Å². The van der Waals surface area contributed by atoms with Crippen LogP contribution in [0.25, 0.3) is 0 Å². The van der Waals surface area contributed by atoms with E-state index in [0.29, 0.717) is 43.1 Å². The number of ether oxygens (including phenoxy) is 2.